The molecular weight excluding hydrogens is 396 g/mol. The Labute approximate surface area is 178 Å². The van der Waals surface area contributed by atoms with Crippen molar-refractivity contribution in [2.75, 3.05) is 13.6 Å². The molecule has 3 aromatic rings. The topological polar surface area (TPSA) is 135 Å². The summed E-state index contributed by atoms with van der Waals surface area (Å²) in [4.78, 5) is 42.3. The number of nitrogens with zero attached hydrogens (tertiary/aromatic N) is 5. The normalized spacial score (nSPS) is 17.9. The lowest BCUT2D eigenvalue weighted by Crippen LogP contribution is -2.37. The van der Waals surface area contributed by atoms with Crippen molar-refractivity contribution >= 4 is 11.8 Å². The quantitative estimate of drug-likeness (QED) is 0.601. The third kappa shape index (κ3) is 4.10. The van der Waals surface area contributed by atoms with Crippen LogP contribution in [0.2, 0.25) is 0 Å². The number of amides is 2. The molecule has 4 rings (SSSR count). The smallest absolute Gasteiger partial charge is 0.267 e. The van der Waals surface area contributed by atoms with E-state index in [1.807, 2.05) is 0 Å². The van der Waals surface area contributed by atoms with Gasteiger partial charge in [0, 0.05) is 43.5 Å². The Morgan fingerprint density at radius 2 is 2.06 bits per heavy atom. The molecule has 0 spiro atoms. The first kappa shape index (κ1) is 20.1. The van der Waals surface area contributed by atoms with E-state index in [1.165, 1.54) is 29.6 Å². The third-order valence-corrected chi connectivity index (χ3v) is 4.85. The van der Waals surface area contributed by atoms with Gasteiger partial charge in [0.15, 0.2) is 5.82 Å². The van der Waals surface area contributed by atoms with Crippen molar-refractivity contribution in [1.29, 1.82) is 0 Å². The Morgan fingerprint density at radius 3 is 2.74 bits per heavy atom. The fourth-order valence-electron chi connectivity index (χ4n) is 3.15. The van der Waals surface area contributed by atoms with Crippen LogP contribution < -0.4 is 5.73 Å². The van der Waals surface area contributed by atoms with E-state index in [0.717, 1.165) is 0 Å². The minimum atomic E-state index is -1.69. The molecule has 31 heavy (non-hydrogen) atoms. The SMILES string of the molecule is CN1CCC(O)(C#Cc2cccc(-c3nc(C(N)=O)cc(-c4cnccn4)n3)c2)C1=O. The van der Waals surface area contributed by atoms with Crippen LogP contribution in [0.1, 0.15) is 22.5 Å². The van der Waals surface area contributed by atoms with Gasteiger partial charge in [-0.2, -0.15) is 0 Å². The molecule has 1 atom stereocenters. The molecule has 1 aromatic carbocycles. The minimum Gasteiger partial charge on any atom is -0.369 e. The van der Waals surface area contributed by atoms with Gasteiger partial charge in [0.2, 0.25) is 5.60 Å². The lowest BCUT2D eigenvalue weighted by atomic mass is 10.0. The summed E-state index contributed by atoms with van der Waals surface area (Å²) in [6.07, 6.45) is 4.82. The van der Waals surface area contributed by atoms with Gasteiger partial charge in [-0.1, -0.05) is 24.0 Å². The fourth-order valence-corrected chi connectivity index (χ4v) is 3.15. The second kappa shape index (κ2) is 7.93. The highest BCUT2D eigenvalue weighted by Crippen LogP contribution is 2.23. The zero-order valence-electron chi connectivity index (χ0n) is 16.6. The van der Waals surface area contributed by atoms with E-state index in [4.69, 9.17) is 5.73 Å². The summed E-state index contributed by atoms with van der Waals surface area (Å²) in [6, 6.07) is 8.41. The monoisotopic (exact) mass is 414 g/mol. The zero-order valence-corrected chi connectivity index (χ0v) is 16.6. The van der Waals surface area contributed by atoms with Gasteiger partial charge in [0.25, 0.3) is 11.8 Å². The molecule has 1 aliphatic rings. The van der Waals surface area contributed by atoms with Gasteiger partial charge in [-0.15, -0.1) is 0 Å². The summed E-state index contributed by atoms with van der Waals surface area (Å²) in [7, 11) is 1.63. The average molecular weight is 414 g/mol. The average Bonchev–Trinajstić information content (AvgIpc) is 3.06. The first-order chi connectivity index (χ1) is 14.9. The van der Waals surface area contributed by atoms with Crippen LogP contribution in [0.25, 0.3) is 22.8 Å². The van der Waals surface area contributed by atoms with Crippen LogP contribution in [0.4, 0.5) is 0 Å². The van der Waals surface area contributed by atoms with Crippen molar-refractivity contribution in [3.05, 3.63) is 60.2 Å². The molecule has 9 heteroatoms. The summed E-state index contributed by atoms with van der Waals surface area (Å²) in [5.74, 6) is 4.68. The Balaban J connectivity index is 1.73. The molecule has 0 saturated carbocycles. The van der Waals surface area contributed by atoms with Crippen LogP contribution in [0, 0.1) is 11.8 Å². The number of carbonyl (C=O) groups excluding carboxylic acids is 2. The number of hydrogen-bond acceptors (Lipinski definition) is 7. The van der Waals surface area contributed by atoms with E-state index < -0.39 is 17.4 Å². The second-order valence-electron chi connectivity index (χ2n) is 7.08. The van der Waals surface area contributed by atoms with Crippen molar-refractivity contribution in [1.82, 2.24) is 24.8 Å². The van der Waals surface area contributed by atoms with Gasteiger partial charge in [-0.05, 0) is 18.2 Å². The lowest BCUT2D eigenvalue weighted by molar-refractivity contribution is -0.137. The number of primary amides is 1. The summed E-state index contributed by atoms with van der Waals surface area (Å²) in [5.41, 5.74) is 5.80. The minimum absolute atomic E-state index is 0.0380. The standard InChI is InChI=1S/C22H18N6O3/c1-28-10-7-22(31,21(28)30)6-5-14-3-2-4-15(11-14)20-26-16(12-17(27-20)19(23)29)18-13-24-8-9-25-18/h2-4,8-9,11-13,31H,7,10H2,1H3,(H2,23,29). The molecule has 1 aliphatic heterocycles. The Bertz CT molecular complexity index is 1230. The summed E-state index contributed by atoms with van der Waals surface area (Å²) in [5, 5.41) is 10.5. The van der Waals surface area contributed by atoms with Crippen LogP contribution >= 0.6 is 0 Å². The second-order valence-corrected chi connectivity index (χ2v) is 7.08. The molecule has 0 aliphatic carbocycles. The van der Waals surface area contributed by atoms with E-state index >= 15 is 0 Å². The Hall–Kier alpha value is -4.16. The number of rotatable bonds is 3. The van der Waals surface area contributed by atoms with Gasteiger partial charge in [-0.25, -0.2) is 9.97 Å². The van der Waals surface area contributed by atoms with Gasteiger partial charge in [0.05, 0.1) is 11.9 Å². The molecule has 1 saturated heterocycles. The molecule has 154 valence electrons. The molecule has 0 radical (unpaired) electrons. The number of likely N-dealkylation sites (N-methyl/N-ethyl adjacent to an activating group) is 1. The number of aromatic nitrogens is 4. The van der Waals surface area contributed by atoms with Crippen molar-refractivity contribution in [2.24, 2.45) is 5.73 Å². The van der Waals surface area contributed by atoms with Crippen molar-refractivity contribution < 1.29 is 14.7 Å². The van der Waals surface area contributed by atoms with Gasteiger partial charge >= 0.3 is 0 Å². The molecule has 2 aromatic heterocycles. The van der Waals surface area contributed by atoms with Crippen LogP contribution in [0.5, 0.6) is 0 Å². The number of benzene rings is 1. The van der Waals surface area contributed by atoms with Crippen molar-refractivity contribution in [3.8, 4) is 34.6 Å². The van der Waals surface area contributed by atoms with E-state index in [2.05, 4.69) is 31.8 Å². The summed E-state index contributed by atoms with van der Waals surface area (Å²) in [6.45, 7) is 0.447. The predicted octanol–water partition coefficient (Wildman–Crippen LogP) is 0.644. The van der Waals surface area contributed by atoms with E-state index in [-0.39, 0.29) is 17.9 Å². The highest BCUT2D eigenvalue weighted by molar-refractivity contribution is 5.92. The summed E-state index contributed by atoms with van der Waals surface area (Å²) >= 11 is 0. The van der Waals surface area contributed by atoms with E-state index in [9.17, 15) is 14.7 Å². The molecule has 1 unspecified atom stereocenters. The van der Waals surface area contributed by atoms with Gasteiger partial charge in [-0.3, -0.25) is 19.6 Å². The first-order valence-corrected chi connectivity index (χ1v) is 9.42. The van der Waals surface area contributed by atoms with E-state index in [1.54, 1.807) is 31.3 Å². The molecule has 9 nitrogen and oxygen atoms in total. The third-order valence-electron chi connectivity index (χ3n) is 4.85. The Kier molecular flexibility index (Phi) is 5.15. The van der Waals surface area contributed by atoms with Crippen LogP contribution in [-0.2, 0) is 4.79 Å². The number of nitrogens with two attached hydrogens (primary N) is 1. The molecule has 1 fully saturated rings. The zero-order chi connectivity index (χ0) is 22.0. The largest absolute Gasteiger partial charge is 0.369 e. The van der Waals surface area contributed by atoms with Crippen LogP contribution in [-0.4, -0.2) is 61.0 Å². The van der Waals surface area contributed by atoms with Crippen LogP contribution in [0.3, 0.4) is 0 Å². The number of carbonyl (C=O) groups is 2. The Morgan fingerprint density at radius 1 is 1.23 bits per heavy atom. The molecule has 0 bridgehead atoms. The summed E-state index contributed by atoms with van der Waals surface area (Å²) < 4.78 is 0. The molecule has 2 amide bonds. The molecule has 3 N–H and O–H groups in total. The maximum absolute atomic E-state index is 12.1. The van der Waals surface area contributed by atoms with Crippen LogP contribution in [0.15, 0.2) is 48.9 Å². The maximum atomic E-state index is 12.1. The van der Waals surface area contributed by atoms with Gasteiger partial charge in [0.1, 0.15) is 11.4 Å². The van der Waals surface area contributed by atoms with E-state index in [0.29, 0.717) is 29.1 Å². The number of aliphatic hydroxyl groups is 1. The first-order valence-electron chi connectivity index (χ1n) is 9.42. The van der Waals surface area contributed by atoms with Crippen molar-refractivity contribution in [3.63, 3.8) is 0 Å². The lowest BCUT2D eigenvalue weighted by Gasteiger charge is -2.13. The maximum Gasteiger partial charge on any atom is 0.267 e. The highest BCUT2D eigenvalue weighted by atomic mass is 16.3. The number of likely N-dealkylation sites (tertiary alicyclic amines) is 1. The molecule has 3 heterocycles. The number of hydrogen-bond donors (Lipinski definition) is 2. The highest BCUT2D eigenvalue weighted by Gasteiger charge is 2.42. The predicted molar refractivity (Wildman–Crippen MR) is 111 cm³/mol. The molecular formula is C22H18N6O3. The van der Waals surface area contributed by atoms with Gasteiger partial charge < -0.3 is 15.7 Å². The fraction of sp³-hybridized carbons (Fsp3) is 0.182. The van der Waals surface area contributed by atoms with Crippen molar-refractivity contribution in [2.45, 2.75) is 12.0 Å².